The van der Waals surface area contributed by atoms with Crippen LogP contribution >= 0.6 is 0 Å². The van der Waals surface area contributed by atoms with E-state index in [0.29, 0.717) is 27.7 Å². The van der Waals surface area contributed by atoms with E-state index in [1.54, 1.807) is 19.9 Å². The maximum absolute atomic E-state index is 11.3. The normalized spacial score (nSPS) is 10.8. The van der Waals surface area contributed by atoms with E-state index in [1.165, 1.54) is 6.07 Å². The van der Waals surface area contributed by atoms with Gasteiger partial charge < -0.3 is 14.6 Å². The van der Waals surface area contributed by atoms with Gasteiger partial charge in [0.25, 0.3) is 0 Å². The number of benzene rings is 1. The van der Waals surface area contributed by atoms with Gasteiger partial charge in [-0.25, -0.2) is 4.79 Å². The number of aliphatic carboxylic acids is 1. The number of carboxylic acids is 1. The minimum absolute atomic E-state index is 0.00231. The highest BCUT2D eigenvalue weighted by atomic mass is 16.4. The lowest BCUT2D eigenvalue weighted by molar-refractivity contribution is -0.136. The van der Waals surface area contributed by atoms with Gasteiger partial charge in [0.2, 0.25) is 0 Å². The molecule has 1 heterocycles. The van der Waals surface area contributed by atoms with E-state index in [-0.39, 0.29) is 18.6 Å². The van der Waals surface area contributed by atoms with Crippen molar-refractivity contribution < 1.29 is 19.4 Å². The minimum atomic E-state index is -0.921. The third kappa shape index (κ3) is 2.45. The highest BCUT2D eigenvalue weighted by Gasteiger charge is 2.15. The predicted octanol–water partition coefficient (Wildman–Crippen LogP) is 2.13. The highest BCUT2D eigenvalue weighted by molar-refractivity contribution is 5.88. The van der Waals surface area contributed by atoms with Gasteiger partial charge in [-0.1, -0.05) is 0 Å². The molecule has 0 aliphatic heterocycles. The number of aryl methyl sites for hydroxylation is 2. The smallest absolute Gasteiger partial charge is 0.336 e. The van der Waals surface area contributed by atoms with Crippen molar-refractivity contribution in [3.63, 3.8) is 0 Å². The Hall–Kier alpha value is -2.30. The van der Waals surface area contributed by atoms with Crippen molar-refractivity contribution in [1.29, 1.82) is 0 Å². The molecule has 0 atom stereocenters. The van der Waals surface area contributed by atoms with Crippen molar-refractivity contribution in [3.05, 3.63) is 39.2 Å². The van der Waals surface area contributed by atoms with Gasteiger partial charge in [0.15, 0.2) is 0 Å². The van der Waals surface area contributed by atoms with Crippen LogP contribution in [0.1, 0.15) is 23.1 Å². The average molecular weight is 262 g/mol. The molecule has 0 radical (unpaired) electrons. The number of carboxylic acid groups (broad SMARTS) is 1. The fraction of sp³-hybridized carbons (Fsp3) is 0.286. The van der Waals surface area contributed by atoms with Gasteiger partial charge in [0.05, 0.1) is 5.39 Å². The molecule has 0 unspecified atom stereocenters. The molecule has 19 heavy (non-hydrogen) atoms. The quantitative estimate of drug-likeness (QED) is 0.827. The van der Waals surface area contributed by atoms with Crippen molar-refractivity contribution in [2.75, 3.05) is 0 Å². The molecule has 1 aromatic heterocycles. The zero-order valence-electron chi connectivity index (χ0n) is 10.7. The van der Waals surface area contributed by atoms with Crippen LogP contribution in [0.15, 0.2) is 21.3 Å². The van der Waals surface area contributed by atoms with Crippen molar-refractivity contribution >= 4 is 16.9 Å². The molecule has 0 fully saturated rings. The summed E-state index contributed by atoms with van der Waals surface area (Å²) < 4.78 is 5.05. The number of hydrogen-bond acceptors (Lipinski definition) is 4. The second-order valence-corrected chi connectivity index (χ2v) is 4.54. The van der Waals surface area contributed by atoms with Crippen LogP contribution < -0.4 is 5.63 Å². The summed E-state index contributed by atoms with van der Waals surface area (Å²) in [6, 6.07) is 2.96. The van der Waals surface area contributed by atoms with Gasteiger partial charge in [0, 0.05) is 12.5 Å². The molecular formula is C14H14O5. The molecule has 5 heteroatoms. The molecule has 5 nitrogen and oxygen atoms in total. The molecular weight excluding hydrogens is 248 g/mol. The summed E-state index contributed by atoms with van der Waals surface area (Å²) in [6.07, 6.45) is 0.178. The summed E-state index contributed by atoms with van der Waals surface area (Å²) in [6.45, 7) is 3.45. The van der Waals surface area contributed by atoms with Gasteiger partial charge in [-0.15, -0.1) is 0 Å². The first-order chi connectivity index (χ1) is 8.90. The predicted molar refractivity (Wildman–Crippen MR) is 69.6 cm³/mol. The maximum atomic E-state index is 11.3. The number of phenols is 1. The first-order valence-corrected chi connectivity index (χ1v) is 5.88. The average Bonchev–Trinajstić information content (AvgIpc) is 2.26. The van der Waals surface area contributed by atoms with E-state index in [1.807, 2.05) is 0 Å². The summed E-state index contributed by atoms with van der Waals surface area (Å²) in [5, 5.41) is 19.4. The molecule has 0 aliphatic carbocycles. The Morgan fingerprint density at radius 1 is 1.26 bits per heavy atom. The summed E-state index contributed by atoms with van der Waals surface area (Å²) in [5.41, 5.74) is 1.74. The zero-order chi connectivity index (χ0) is 14.2. The number of fused-ring (bicyclic) bond motifs is 1. The van der Waals surface area contributed by atoms with Crippen LogP contribution in [0.2, 0.25) is 0 Å². The second-order valence-electron chi connectivity index (χ2n) is 4.54. The van der Waals surface area contributed by atoms with Crippen molar-refractivity contribution in [2.45, 2.75) is 26.7 Å². The van der Waals surface area contributed by atoms with Crippen LogP contribution in [-0.4, -0.2) is 16.2 Å². The van der Waals surface area contributed by atoms with E-state index < -0.39 is 11.6 Å². The summed E-state index contributed by atoms with van der Waals surface area (Å²) in [5.74, 6) is -0.923. The third-order valence-electron chi connectivity index (χ3n) is 3.12. The van der Waals surface area contributed by atoms with E-state index >= 15 is 0 Å². The Morgan fingerprint density at radius 3 is 2.58 bits per heavy atom. The van der Waals surface area contributed by atoms with Crippen LogP contribution in [0.25, 0.3) is 11.0 Å². The number of carbonyl (C=O) groups is 1. The van der Waals surface area contributed by atoms with E-state index in [4.69, 9.17) is 9.52 Å². The number of hydrogen-bond donors (Lipinski definition) is 2. The van der Waals surface area contributed by atoms with Gasteiger partial charge >= 0.3 is 11.6 Å². The number of aromatic hydroxyl groups is 1. The lowest BCUT2D eigenvalue weighted by Crippen LogP contribution is -2.02. The van der Waals surface area contributed by atoms with Gasteiger partial charge in [-0.2, -0.15) is 0 Å². The Bertz CT molecular complexity index is 712. The maximum Gasteiger partial charge on any atom is 0.336 e. The van der Waals surface area contributed by atoms with Crippen LogP contribution in [0.4, 0.5) is 0 Å². The summed E-state index contributed by atoms with van der Waals surface area (Å²) >= 11 is 0. The molecule has 100 valence electrons. The Balaban J connectivity index is 2.67. The first kappa shape index (κ1) is 13.1. The minimum Gasteiger partial charge on any atom is -0.507 e. The van der Waals surface area contributed by atoms with E-state index in [2.05, 4.69) is 0 Å². The van der Waals surface area contributed by atoms with Crippen molar-refractivity contribution in [2.24, 2.45) is 0 Å². The fourth-order valence-corrected chi connectivity index (χ4v) is 2.21. The van der Waals surface area contributed by atoms with Gasteiger partial charge in [-0.05, 0) is 43.0 Å². The molecule has 0 bridgehead atoms. The molecule has 1 aromatic carbocycles. The van der Waals surface area contributed by atoms with Crippen LogP contribution in [0, 0.1) is 13.8 Å². The Morgan fingerprint density at radius 2 is 1.95 bits per heavy atom. The summed E-state index contributed by atoms with van der Waals surface area (Å²) in [4.78, 5) is 21.9. The fourth-order valence-electron chi connectivity index (χ4n) is 2.21. The van der Waals surface area contributed by atoms with Crippen LogP contribution in [0.3, 0.4) is 0 Å². The first-order valence-electron chi connectivity index (χ1n) is 5.88. The largest absolute Gasteiger partial charge is 0.507 e. The second kappa shape index (κ2) is 4.76. The Labute approximate surface area is 109 Å². The molecule has 2 N–H and O–H groups in total. The number of phenolic OH excluding ortho intramolecular Hbond substituents is 1. The standard InChI is InChI=1S/C14H14O5/c1-7-5-10-13(8(2)6-12(17)19-10)14(18)9(7)3-4-11(15)16/h5-6,18H,3-4H2,1-2H3,(H,15,16). The van der Waals surface area contributed by atoms with E-state index in [0.717, 1.165) is 0 Å². The Kier molecular flexibility index (Phi) is 3.29. The topological polar surface area (TPSA) is 87.7 Å². The van der Waals surface area contributed by atoms with Crippen LogP contribution in [-0.2, 0) is 11.2 Å². The van der Waals surface area contributed by atoms with Crippen LogP contribution in [0.5, 0.6) is 5.75 Å². The third-order valence-corrected chi connectivity index (χ3v) is 3.12. The van der Waals surface area contributed by atoms with E-state index in [9.17, 15) is 14.7 Å². The molecule has 0 aliphatic rings. The molecule has 0 spiro atoms. The molecule has 0 amide bonds. The van der Waals surface area contributed by atoms with Crippen molar-refractivity contribution in [3.8, 4) is 5.75 Å². The molecule has 2 rings (SSSR count). The van der Waals surface area contributed by atoms with Gasteiger partial charge in [-0.3, -0.25) is 4.79 Å². The zero-order valence-corrected chi connectivity index (χ0v) is 10.7. The van der Waals surface area contributed by atoms with Crippen molar-refractivity contribution in [1.82, 2.24) is 0 Å². The molecule has 0 saturated carbocycles. The monoisotopic (exact) mass is 262 g/mol. The van der Waals surface area contributed by atoms with Gasteiger partial charge in [0.1, 0.15) is 11.3 Å². The lowest BCUT2D eigenvalue weighted by Gasteiger charge is -2.11. The SMILES string of the molecule is Cc1cc2oc(=O)cc(C)c2c(O)c1CCC(=O)O. The highest BCUT2D eigenvalue weighted by Crippen LogP contribution is 2.33. The lowest BCUT2D eigenvalue weighted by atomic mass is 9.98. The molecule has 2 aromatic rings. The number of rotatable bonds is 3. The summed E-state index contributed by atoms with van der Waals surface area (Å²) in [7, 11) is 0. The molecule has 0 saturated heterocycles.